The Labute approximate surface area is 291 Å². The number of H-pyrrole nitrogens is 1. The van der Waals surface area contributed by atoms with Crippen LogP contribution in [0.4, 0.5) is 13.2 Å². The largest absolute Gasteiger partial charge is 0.416 e. The van der Waals surface area contributed by atoms with E-state index in [0.717, 1.165) is 18.9 Å². The van der Waals surface area contributed by atoms with E-state index in [2.05, 4.69) is 35.5 Å². The van der Waals surface area contributed by atoms with Crippen LogP contribution in [0.3, 0.4) is 0 Å². The molecule has 5 aromatic rings. The number of carbonyl (C=O) groups excluding carboxylic acids is 2. The Morgan fingerprint density at radius 1 is 1.14 bits per heavy atom. The van der Waals surface area contributed by atoms with Gasteiger partial charge >= 0.3 is 18.0 Å². The summed E-state index contributed by atoms with van der Waals surface area (Å²) in [7, 11) is 3.88. The number of hydrogen-bond donors (Lipinski definition) is 2. The highest BCUT2D eigenvalue weighted by Crippen LogP contribution is 2.37. The first-order chi connectivity index (χ1) is 24.2. The van der Waals surface area contributed by atoms with Crippen LogP contribution in [-0.4, -0.2) is 90.2 Å². The van der Waals surface area contributed by atoms with E-state index in [0.29, 0.717) is 53.6 Å². The molecule has 1 atom stereocenters. The maximum Gasteiger partial charge on any atom is 0.416 e. The second kappa shape index (κ2) is 14.1. The second-order valence-electron chi connectivity index (χ2n) is 13.8. The minimum Gasteiger partial charge on any atom is -0.344 e. The van der Waals surface area contributed by atoms with Crippen molar-refractivity contribution in [2.75, 3.05) is 33.7 Å². The predicted molar refractivity (Wildman–Crippen MR) is 182 cm³/mol. The lowest BCUT2D eigenvalue weighted by atomic mass is 9.96. The van der Waals surface area contributed by atoms with Crippen LogP contribution in [-0.2, 0) is 22.9 Å². The van der Waals surface area contributed by atoms with Crippen LogP contribution in [0.5, 0.6) is 0 Å². The molecule has 1 aromatic carbocycles. The topological polar surface area (TPSA) is 151 Å². The van der Waals surface area contributed by atoms with Crippen molar-refractivity contribution in [1.82, 2.24) is 50.0 Å². The first-order valence-corrected chi connectivity index (χ1v) is 16.5. The smallest absolute Gasteiger partial charge is 0.344 e. The van der Waals surface area contributed by atoms with Crippen LogP contribution in [0.15, 0.2) is 59.5 Å². The maximum absolute atomic E-state index is 14.4. The molecule has 4 aromatic heterocycles. The van der Waals surface area contributed by atoms with Crippen LogP contribution in [0.2, 0.25) is 0 Å². The lowest BCUT2D eigenvalue weighted by Crippen LogP contribution is -2.40. The molecule has 51 heavy (non-hydrogen) atoms. The quantitative estimate of drug-likeness (QED) is 0.192. The highest BCUT2D eigenvalue weighted by molar-refractivity contribution is 5.92. The fourth-order valence-electron chi connectivity index (χ4n) is 5.82. The van der Waals surface area contributed by atoms with E-state index in [1.54, 1.807) is 24.4 Å². The van der Waals surface area contributed by atoms with Gasteiger partial charge in [0.15, 0.2) is 11.5 Å². The Bertz CT molecular complexity index is 2070. The molecule has 13 nitrogen and oxygen atoms in total. The number of likely N-dealkylation sites (N-methyl/N-ethyl adjacent to an activating group) is 1. The van der Waals surface area contributed by atoms with Gasteiger partial charge in [-0.2, -0.15) is 23.3 Å². The number of nitrogens with zero attached hydrogens (tertiary/aromatic N) is 8. The number of imidazole rings is 1. The molecule has 1 unspecified atom stereocenters. The van der Waals surface area contributed by atoms with Crippen molar-refractivity contribution in [3.8, 4) is 22.5 Å². The average molecular weight is 705 g/mol. The molecule has 268 valence electrons. The molecule has 5 heterocycles. The normalized spacial score (nSPS) is 15.7. The Morgan fingerprint density at radius 2 is 1.94 bits per heavy atom. The molecule has 1 fully saturated rings. The van der Waals surface area contributed by atoms with Gasteiger partial charge in [0, 0.05) is 55.6 Å². The van der Waals surface area contributed by atoms with Gasteiger partial charge in [0.1, 0.15) is 5.82 Å². The summed E-state index contributed by atoms with van der Waals surface area (Å²) in [6, 6.07) is 5.53. The maximum atomic E-state index is 14.4. The minimum absolute atomic E-state index is 0.0196. The summed E-state index contributed by atoms with van der Waals surface area (Å²) in [6.07, 6.45) is 5.45. The Balaban J connectivity index is 1.21. The Kier molecular flexibility index (Phi) is 9.79. The number of pyridine rings is 1. The SMILES string of the molecule is CN(C)C/C=C/C(=O)N1CCCC(n2cc(-c3nc4nccc(-c5ccc(CNC(=O)c6nc(C(C)(C)C)no6)c(C(F)(F)F)c5)c4[nH]3)cn2)C1. The van der Waals surface area contributed by atoms with Gasteiger partial charge in [-0.1, -0.05) is 44.1 Å². The van der Waals surface area contributed by atoms with Crippen LogP contribution < -0.4 is 5.32 Å². The van der Waals surface area contributed by atoms with Crippen molar-refractivity contribution in [2.45, 2.75) is 57.8 Å². The van der Waals surface area contributed by atoms with Crippen LogP contribution in [0.1, 0.15) is 67.3 Å². The number of likely N-dealkylation sites (tertiary alicyclic amines) is 1. The van der Waals surface area contributed by atoms with E-state index in [1.807, 2.05) is 61.6 Å². The number of halogens is 3. The predicted octanol–water partition coefficient (Wildman–Crippen LogP) is 5.40. The van der Waals surface area contributed by atoms with Crippen LogP contribution in [0, 0.1) is 0 Å². The fraction of sp³-hybridized carbons (Fsp3) is 0.400. The Morgan fingerprint density at radius 3 is 2.67 bits per heavy atom. The van der Waals surface area contributed by atoms with Gasteiger partial charge < -0.3 is 24.6 Å². The third kappa shape index (κ3) is 8.01. The van der Waals surface area contributed by atoms with Crippen molar-refractivity contribution in [3.05, 3.63) is 77.9 Å². The van der Waals surface area contributed by atoms with Gasteiger partial charge in [0.05, 0.1) is 28.9 Å². The summed E-state index contributed by atoms with van der Waals surface area (Å²) in [5, 5.41) is 10.8. The molecule has 0 bridgehead atoms. The number of aromatic amines is 1. The summed E-state index contributed by atoms with van der Waals surface area (Å²) in [5.74, 6) is -0.376. The highest BCUT2D eigenvalue weighted by atomic mass is 19.4. The molecule has 2 amide bonds. The van der Waals surface area contributed by atoms with E-state index in [4.69, 9.17) is 4.52 Å². The van der Waals surface area contributed by atoms with E-state index in [9.17, 15) is 22.8 Å². The molecule has 16 heteroatoms. The zero-order valence-electron chi connectivity index (χ0n) is 29.0. The lowest BCUT2D eigenvalue weighted by molar-refractivity contribution is -0.138. The first kappa shape index (κ1) is 35.4. The van der Waals surface area contributed by atoms with Crippen LogP contribution in [0.25, 0.3) is 33.7 Å². The third-order valence-corrected chi connectivity index (χ3v) is 8.54. The fourth-order valence-corrected chi connectivity index (χ4v) is 5.82. The van der Waals surface area contributed by atoms with Gasteiger partial charge in [0.25, 0.3) is 0 Å². The van der Waals surface area contributed by atoms with Crippen molar-refractivity contribution in [1.29, 1.82) is 0 Å². The van der Waals surface area contributed by atoms with Gasteiger partial charge in [0.2, 0.25) is 5.91 Å². The highest BCUT2D eigenvalue weighted by Gasteiger charge is 2.34. The summed E-state index contributed by atoms with van der Waals surface area (Å²) < 4.78 is 49.9. The number of rotatable bonds is 9. The number of amides is 2. The molecule has 0 spiro atoms. The first-order valence-electron chi connectivity index (χ1n) is 16.5. The van der Waals surface area contributed by atoms with Crippen LogP contribution >= 0.6 is 0 Å². The summed E-state index contributed by atoms with van der Waals surface area (Å²) in [4.78, 5) is 45.4. The Hall–Kier alpha value is -5.38. The number of piperidine rings is 1. The number of hydrogen-bond acceptors (Lipinski definition) is 9. The molecule has 0 aliphatic carbocycles. The molecular weight excluding hydrogens is 665 g/mol. The zero-order chi connectivity index (χ0) is 36.5. The molecule has 0 saturated carbocycles. The minimum atomic E-state index is -4.71. The number of benzene rings is 1. The van der Waals surface area contributed by atoms with Gasteiger partial charge in [-0.15, -0.1) is 0 Å². The molecule has 1 aliphatic rings. The van der Waals surface area contributed by atoms with Crippen molar-refractivity contribution >= 4 is 23.0 Å². The molecule has 0 radical (unpaired) electrons. The monoisotopic (exact) mass is 704 g/mol. The van der Waals surface area contributed by atoms with Gasteiger partial charge in [-0.3, -0.25) is 14.3 Å². The standard InChI is InChI=1S/C35H39F3N10O3/c1-34(2,3)33-44-32(51-45-33)31(50)40-17-22-11-10-21(16-26(22)35(36,37)38)25-12-13-39-30-28(25)42-29(43-30)23-18-41-48(19-23)24-8-6-15-47(20-24)27(49)9-7-14-46(4)5/h7,9-13,16,18-19,24H,6,8,14-15,17,20H2,1-5H3,(H,40,50)(H,39,42,43)/b9-7+. The number of aromatic nitrogens is 7. The van der Waals surface area contributed by atoms with Gasteiger partial charge in [-0.05, 0) is 50.2 Å². The molecule has 6 rings (SSSR count). The number of carbonyl (C=O) groups is 2. The zero-order valence-corrected chi connectivity index (χ0v) is 29.0. The summed E-state index contributed by atoms with van der Waals surface area (Å²) in [5.41, 5.74) is 0.705. The van der Waals surface area contributed by atoms with E-state index < -0.39 is 29.6 Å². The van der Waals surface area contributed by atoms with Crippen molar-refractivity contribution in [3.63, 3.8) is 0 Å². The van der Waals surface area contributed by atoms with E-state index in [-0.39, 0.29) is 29.0 Å². The number of alkyl halides is 3. The number of fused-ring (bicyclic) bond motifs is 1. The van der Waals surface area contributed by atoms with Crippen molar-refractivity contribution < 1.29 is 27.3 Å². The molecule has 1 saturated heterocycles. The third-order valence-electron chi connectivity index (χ3n) is 8.54. The van der Waals surface area contributed by atoms with E-state index in [1.165, 1.54) is 12.3 Å². The lowest BCUT2D eigenvalue weighted by Gasteiger charge is -2.32. The van der Waals surface area contributed by atoms with Gasteiger partial charge in [-0.25, -0.2) is 9.97 Å². The number of nitrogens with one attached hydrogen (secondary N) is 2. The average Bonchev–Trinajstić information content (AvgIpc) is 3.86. The molecular formula is C35H39F3N10O3. The molecule has 2 N–H and O–H groups in total. The molecule has 1 aliphatic heterocycles. The van der Waals surface area contributed by atoms with E-state index >= 15 is 0 Å². The van der Waals surface area contributed by atoms with Crippen molar-refractivity contribution in [2.24, 2.45) is 0 Å². The summed E-state index contributed by atoms with van der Waals surface area (Å²) in [6.45, 7) is 6.99. The summed E-state index contributed by atoms with van der Waals surface area (Å²) >= 11 is 0. The second-order valence-corrected chi connectivity index (χ2v) is 13.8.